The van der Waals surface area contributed by atoms with E-state index in [9.17, 15) is 14.4 Å². The molecule has 0 saturated heterocycles. The molecule has 0 aromatic heterocycles. The maximum atomic E-state index is 12.6. The lowest BCUT2D eigenvalue weighted by Crippen LogP contribution is -2.50. The molecule has 1 atom stereocenters. The van der Waals surface area contributed by atoms with Crippen molar-refractivity contribution < 1.29 is 19.5 Å². The molecule has 3 amide bonds. The predicted molar refractivity (Wildman–Crippen MR) is 82.5 cm³/mol. The van der Waals surface area contributed by atoms with Crippen molar-refractivity contribution in [3.63, 3.8) is 0 Å². The average Bonchev–Trinajstić information content (AvgIpc) is 2.47. The SMILES string of the molecule is CC(=O)N(C(=O)C(CCCCN)NC(=O)O)c1ccccc1. The van der Waals surface area contributed by atoms with Gasteiger partial charge in [0.2, 0.25) is 5.91 Å². The summed E-state index contributed by atoms with van der Waals surface area (Å²) in [6, 6.07) is 7.43. The smallest absolute Gasteiger partial charge is 0.405 e. The third-order valence-electron chi connectivity index (χ3n) is 3.09. The molecular formula is C15H21N3O4. The third kappa shape index (κ3) is 5.17. The lowest BCUT2D eigenvalue weighted by Gasteiger charge is -2.25. The summed E-state index contributed by atoms with van der Waals surface area (Å²) in [5, 5.41) is 11.1. The Morgan fingerprint density at radius 3 is 2.36 bits per heavy atom. The zero-order valence-electron chi connectivity index (χ0n) is 12.5. The minimum Gasteiger partial charge on any atom is -0.465 e. The molecule has 7 heteroatoms. The third-order valence-corrected chi connectivity index (χ3v) is 3.09. The van der Waals surface area contributed by atoms with E-state index in [2.05, 4.69) is 5.32 Å². The van der Waals surface area contributed by atoms with Crippen molar-refractivity contribution in [3.8, 4) is 0 Å². The second-order valence-electron chi connectivity index (χ2n) is 4.81. The second kappa shape index (κ2) is 8.78. The van der Waals surface area contributed by atoms with Gasteiger partial charge in [0.15, 0.2) is 0 Å². The molecule has 1 rings (SSSR count). The minimum absolute atomic E-state index is 0.291. The Kier molecular flexibility index (Phi) is 7.04. The van der Waals surface area contributed by atoms with E-state index < -0.39 is 23.9 Å². The number of nitrogens with zero attached hydrogens (tertiary/aromatic N) is 1. The molecule has 0 aliphatic heterocycles. The van der Waals surface area contributed by atoms with Gasteiger partial charge in [-0.05, 0) is 37.9 Å². The molecule has 22 heavy (non-hydrogen) atoms. The van der Waals surface area contributed by atoms with Crippen LogP contribution >= 0.6 is 0 Å². The van der Waals surface area contributed by atoms with Crippen LogP contribution in [0.15, 0.2) is 30.3 Å². The number of anilines is 1. The van der Waals surface area contributed by atoms with Crippen LogP contribution in [-0.4, -0.2) is 35.6 Å². The quantitative estimate of drug-likeness (QED) is 0.658. The lowest BCUT2D eigenvalue weighted by atomic mass is 10.1. The van der Waals surface area contributed by atoms with Gasteiger partial charge in [0.05, 0.1) is 5.69 Å². The van der Waals surface area contributed by atoms with Crippen molar-refractivity contribution in [1.82, 2.24) is 5.32 Å². The van der Waals surface area contributed by atoms with Gasteiger partial charge in [-0.25, -0.2) is 9.69 Å². The Bertz CT molecular complexity index is 519. The number of unbranched alkanes of at least 4 members (excludes halogenated alkanes) is 1. The molecule has 120 valence electrons. The van der Waals surface area contributed by atoms with Crippen molar-refractivity contribution in [2.45, 2.75) is 32.2 Å². The largest absolute Gasteiger partial charge is 0.465 e. The Morgan fingerprint density at radius 1 is 1.23 bits per heavy atom. The minimum atomic E-state index is -1.30. The van der Waals surface area contributed by atoms with Crippen LogP contribution in [0.4, 0.5) is 10.5 Å². The van der Waals surface area contributed by atoms with Crippen molar-refractivity contribution >= 4 is 23.6 Å². The van der Waals surface area contributed by atoms with E-state index in [-0.39, 0.29) is 0 Å². The molecular weight excluding hydrogens is 286 g/mol. The summed E-state index contributed by atoms with van der Waals surface area (Å²) in [7, 11) is 0. The van der Waals surface area contributed by atoms with Crippen LogP contribution in [0.1, 0.15) is 26.2 Å². The summed E-state index contributed by atoms with van der Waals surface area (Å²) in [6.07, 6.45) is 0.256. The van der Waals surface area contributed by atoms with Gasteiger partial charge in [-0.1, -0.05) is 18.2 Å². The number of amides is 3. The van der Waals surface area contributed by atoms with E-state index in [1.165, 1.54) is 6.92 Å². The molecule has 7 nitrogen and oxygen atoms in total. The number of para-hydroxylation sites is 1. The van der Waals surface area contributed by atoms with Gasteiger partial charge in [-0.2, -0.15) is 0 Å². The number of hydrogen-bond acceptors (Lipinski definition) is 4. The highest BCUT2D eigenvalue weighted by atomic mass is 16.4. The molecule has 0 aliphatic carbocycles. The number of carboxylic acid groups (broad SMARTS) is 1. The predicted octanol–water partition coefficient (Wildman–Crippen LogP) is 1.33. The number of rotatable bonds is 7. The molecule has 0 fully saturated rings. The molecule has 0 spiro atoms. The van der Waals surface area contributed by atoms with Crippen LogP contribution in [0.2, 0.25) is 0 Å². The van der Waals surface area contributed by atoms with E-state index in [1.54, 1.807) is 30.3 Å². The molecule has 0 aliphatic rings. The summed E-state index contributed by atoms with van der Waals surface area (Å²) in [4.78, 5) is 36.3. The first-order chi connectivity index (χ1) is 10.5. The molecule has 1 aromatic carbocycles. The summed E-state index contributed by atoms with van der Waals surface area (Å²) in [6.45, 7) is 1.73. The highest BCUT2D eigenvalue weighted by Crippen LogP contribution is 2.16. The van der Waals surface area contributed by atoms with Crippen molar-refractivity contribution in [1.29, 1.82) is 0 Å². The van der Waals surface area contributed by atoms with E-state index in [1.807, 2.05) is 0 Å². The fraction of sp³-hybridized carbons (Fsp3) is 0.400. The van der Waals surface area contributed by atoms with Gasteiger partial charge in [0, 0.05) is 6.92 Å². The second-order valence-corrected chi connectivity index (χ2v) is 4.81. The van der Waals surface area contributed by atoms with E-state index in [0.717, 1.165) is 4.90 Å². The first-order valence-corrected chi connectivity index (χ1v) is 7.06. The number of benzene rings is 1. The van der Waals surface area contributed by atoms with E-state index >= 15 is 0 Å². The summed E-state index contributed by atoms with van der Waals surface area (Å²) in [5.41, 5.74) is 5.82. The summed E-state index contributed by atoms with van der Waals surface area (Å²) >= 11 is 0. The van der Waals surface area contributed by atoms with Gasteiger partial charge in [-0.3, -0.25) is 9.59 Å². The maximum absolute atomic E-state index is 12.6. The van der Waals surface area contributed by atoms with E-state index in [4.69, 9.17) is 10.8 Å². The molecule has 0 heterocycles. The van der Waals surface area contributed by atoms with Gasteiger partial charge in [0.25, 0.3) is 5.91 Å². The topological polar surface area (TPSA) is 113 Å². The molecule has 1 aromatic rings. The zero-order valence-corrected chi connectivity index (χ0v) is 12.5. The zero-order chi connectivity index (χ0) is 16.5. The van der Waals surface area contributed by atoms with Crippen LogP contribution in [0.3, 0.4) is 0 Å². The fourth-order valence-electron chi connectivity index (χ4n) is 2.10. The molecule has 0 bridgehead atoms. The molecule has 0 radical (unpaired) electrons. The van der Waals surface area contributed by atoms with Crippen LogP contribution in [0.5, 0.6) is 0 Å². The monoisotopic (exact) mass is 307 g/mol. The normalized spacial score (nSPS) is 11.5. The Labute approximate surface area is 129 Å². The van der Waals surface area contributed by atoms with Gasteiger partial charge >= 0.3 is 6.09 Å². The summed E-state index contributed by atoms with van der Waals surface area (Å²) in [5.74, 6) is -1.05. The fourth-order valence-corrected chi connectivity index (χ4v) is 2.10. The lowest BCUT2D eigenvalue weighted by molar-refractivity contribution is -0.126. The van der Waals surface area contributed by atoms with Crippen LogP contribution in [-0.2, 0) is 9.59 Å². The molecule has 1 unspecified atom stereocenters. The Morgan fingerprint density at radius 2 is 1.86 bits per heavy atom. The number of nitrogens with one attached hydrogen (secondary N) is 1. The van der Waals surface area contributed by atoms with Gasteiger partial charge < -0.3 is 16.2 Å². The number of nitrogens with two attached hydrogens (primary N) is 1. The highest BCUT2D eigenvalue weighted by Gasteiger charge is 2.29. The Balaban J connectivity index is 2.96. The first-order valence-electron chi connectivity index (χ1n) is 7.06. The molecule has 0 saturated carbocycles. The number of carbonyl (C=O) groups excluding carboxylic acids is 2. The number of imide groups is 1. The van der Waals surface area contributed by atoms with Gasteiger partial charge in [0.1, 0.15) is 6.04 Å². The van der Waals surface area contributed by atoms with Crippen LogP contribution < -0.4 is 16.0 Å². The van der Waals surface area contributed by atoms with Crippen molar-refractivity contribution in [2.75, 3.05) is 11.4 Å². The number of carbonyl (C=O) groups is 3. The summed E-state index contributed by atoms with van der Waals surface area (Å²) < 4.78 is 0. The highest BCUT2D eigenvalue weighted by molar-refractivity contribution is 6.16. The van der Waals surface area contributed by atoms with Crippen molar-refractivity contribution in [2.24, 2.45) is 5.73 Å². The van der Waals surface area contributed by atoms with Crippen LogP contribution in [0.25, 0.3) is 0 Å². The van der Waals surface area contributed by atoms with Gasteiger partial charge in [-0.15, -0.1) is 0 Å². The first kappa shape index (κ1) is 17.6. The number of hydrogen-bond donors (Lipinski definition) is 3. The van der Waals surface area contributed by atoms with E-state index in [0.29, 0.717) is 31.5 Å². The Hall–Kier alpha value is -2.41. The van der Waals surface area contributed by atoms with Crippen LogP contribution in [0, 0.1) is 0 Å². The van der Waals surface area contributed by atoms with Crippen molar-refractivity contribution in [3.05, 3.63) is 30.3 Å². The average molecular weight is 307 g/mol. The standard InChI is InChI=1S/C15H21N3O4/c1-11(19)18(12-7-3-2-4-8-12)14(20)13(17-15(21)22)9-5-6-10-16/h2-4,7-8,13,17H,5-6,9-10,16H2,1H3,(H,21,22). The maximum Gasteiger partial charge on any atom is 0.405 e. The molecule has 4 N–H and O–H groups in total.